The van der Waals surface area contributed by atoms with Crippen LogP contribution < -0.4 is 5.32 Å². The van der Waals surface area contributed by atoms with E-state index in [1.54, 1.807) is 0 Å². The highest BCUT2D eigenvalue weighted by Gasteiger charge is 2.13. The molecule has 2 heteroatoms. The maximum atomic E-state index is 3.44. The van der Waals surface area contributed by atoms with Gasteiger partial charge < -0.3 is 5.32 Å². The molecule has 1 nitrogen and oxygen atoms in total. The smallest absolute Gasteiger partial charge is 0.0185 e. The van der Waals surface area contributed by atoms with E-state index in [0.717, 1.165) is 11.7 Å². The van der Waals surface area contributed by atoms with Gasteiger partial charge in [-0.25, -0.2) is 0 Å². The maximum absolute atomic E-state index is 3.44. The standard InChI is InChI=1S/C16H27NS/c1-6-14(4)16(17-5)11-18-10-15-8-12(2)7-13(3)9-15/h7-9,14,16-17H,6,10-11H2,1-5H3. The molecule has 0 aliphatic heterocycles. The molecule has 2 atom stereocenters. The number of hydrogen-bond acceptors (Lipinski definition) is 2. The lowest BCUT2D eigenvalue weighted by atomic mass is 10.0. The topological polar surface area (TPSA) is 12.0 Å². The molecule has 0 radical (unpaired) electrons. The SMILES string of the molecule is CCC(C)C(CSCc1cc(C)cc(C)c1)NC. The summed E-state index contributed by atoms with van der Waals surface area (Å²) in [5, 5.41) is 3.44. The Morgan fingerprint density at radius 1 is 1.17 bits per heavy atom. The fourth-order valence-corrected chi connectivity index (χ4v) is 3.54. The summed E-state index contributed by atoms with van der Waals surface area (Å²) in [5.41, 5.74) is 4.20. The van der Waals surface area contributed by atoms with Gasteiger partial charge in [-0.1, -0.05) is 49.6 Å². The summed E-state index contributed by atoms with van der Waals surface area (Å²) >= 11 is 2.04. The number of hydrogen-bond donors (Lipinski definition) is 1. The first-order chi connectivity index (χ1) is 8.56. The summed E-state index contributed by atoms with van der Waals surface area (Å²) < 4.78 is 0. The zero-order valence-electron chi connectivity index (χ0n) is 12.4. The van der Waals surface area contributed by atoms with Crippen LogP contribution in [0.5, 0.6) is 0 Å². The summed E-state index contributed by atoms with van der Waals surface area (Å²) in [5.74, 6) is 3.07. The molecule has 0 aliphatic rings. The number of rotatable bonds is 7. The van der Waals surface area contributed by atoms with Crippen molar-refractivity contribution in [2.24, 2.45) is 5.92 Å². The van der Waals surface area contributed by atoms with Gasteiger partial charge in [-0.15, -0.1) is 0 Å². The number of aryl methyl sites for hydroxylation is 2. The summed E-state index contributed by atoms with van der Waals surface area (Å²) in [6.07, 6.45) is 1.25. The number of benzene rings is 1. The van der Waals surface area contributed by atoms with Crippen molar-refractivity contribution < 1.29 is 0 Å². The van der Waals surface area contributed by atoms with Crippen LogP contribution in [0, 0.1) is 19.8 Å². The molecule has 0 aliphatic carbocycles. The van der Waals surface area contributed by atoms with E-state index < -0.39 is 0 Å². The Balaban J connectivity index is 2.45. The third kappa shape index (κ3) is 5.03. The van der Waals surface area contributed by atoms with Crippen LogP contribution in [0.2, 0.25) is 0 Å². The van der Waals surface area contributed by atoms with Crippen molar-refractivity contribution in [2.75, 3.05) is 12.8 Å². The van der Waals surface area contributed by atoms with Crippen LogP contribution in [0.1, 0.15) is 37.0 Å². The highest BCUT2D eigenvalue weighted by atomic mass is 32.2. The van der Waals surface area contributed by atoms with Gasteiger partial charge in [0.25, 0.3) is 0 Å². The van der Waals surface area contributed by atoms with Gasteiger partial charge in [0.1, 0.15) is 0 Å². The van der Waals surface area contributed by atoms with Crippen LogP contribution >= 0.6 is 11.8 Å². The molecule has 0 heterocycles. The largest absolute Gasteiger partial charge is 0.316 e. The molecular formula is C16H27NS. The van der Waals surface area contributed by atoms with E-state index in [2.05, 4.69) is 58.3 Å². The second kappa shape index (κ2) is 7.85. The minimum Gasteiger partial charge on any atom is -0.316 e. The first-order valence-electron chi connectivity index (χ1n) is 6.89. The third-order valence-electron chi connectivity index (χ3n) is 3.55. The van der Waals surface area contributed by atoms with E-state index >= 15 is 0 Å². The van der Waals surface area contributed by atoms with E-state index in [0.29, 0.717) is 6.04 Å². The van der Waals surface area contributed by atoms with Crippen molar-refractivity contribution in [3.05, 3.63) is 34.9 Å². The van der Waals surface area contributed by atoms with E-state index in [9.17, 15) is 0 Å². The molecule has 0 spiro atoms. The van der Waals surface area contributed by atoms with Gasteiger partial charge in [0.2, 0.25) is 0 Å². The van der Waals surface area contributed by atoms with E-state index in [4.69, 9.17) is 0 Å². The number of thioether (sulfide) groups is 1. The lowest BCUT2D eigenvalue weighted by Gasteiger charge is -2.22. The van der Waals surface area contributed by atoms with Crippen molar-refractivity contribution in [1.29, 1.82) is 0 Å². The molecule has 0 aromatic heterocycles. The van der Waals surface area contributed by atoms with Gasteiger partial charge in [-0.2, -0.15) is 11.8 Å². The summed E-state index contributed by atoms with van der Waals surface area (Å²) in [6, 6.07) is 7.48. The Hall–Kier alpha value is -0.470. The predicted molar refractivity (Wildman–Crippen MR) is 84.4 cm³/mol. The molecule has 0 saturated heterocycles. The minimum absolute atomic E-state index is 0.630. The Morgan fingerprint density at radius 2 is 1.78 bits per heavy atom. The highest BCUT2D eigenvalue weighted by molar-refractivity contribution is 7.98. The van der Waals surface area contributed by atoms with Crippen molar-refractivity contribution in [1.82, 2.24) is 5.32 Å². The second-order valence-electron chi connectivity index (χ2n) is 5.29. The van der Waals surface area contributed by atoms with Gasteiger partial charge in [0.15, 0.2) is 0 Å². The van der Waals surface area contributed by atoms with E-state index in [1.807, 2.05) is 11.8 Å². The molecule has 1 aromatic carbocycles. The monoisotopic (exact) mass is 265 g/mol. The van der Waals surface area contributed by atoms with Gasteiger partial charge in [-0.05, 0) is 32.4 Å². The molecule has 102 valence electrons. The molecule has 18 heavy (non-hydrogen) atoms. The lowest BCUT2D eigenvalue weighted by molar-refractivity contribution is 0.420. The normalized spacial score (nSPS) is 14.5. The highest BCUT2D eigenvalue weighted by Crippen LogP contribution is 2.19. The van der Waals surface area contributed by atoms with Crippen molar-refractivity contribution in [3.8, 4) is 0 Å². The zero-order valence-corrected chi connectivity index (χ0v) is 13.2. The molecule has 0 saturated carbocycles. The molecule has 0 bridgehead atoms. The van der Waals surface area contributed by atoms with E-state index in [-0.39, 0.29) is 0 Å². The second-order valence-corrected chi connectivity index (χ2v) is 6.32. The first kappa shape index (κ1) is 15.6. The van der Waals surface area contributed by atoms with Crippen molar-refractivity contribution in [3.63, 3.8) is 0 Å². The van der Waals surface area contributed by atoms with Gasteiger partial charge >= 0.3 is 0 Å². The average Bonchev–Trinajstić information content (AvgIpc) is 2.32. The summed E-state index contributed by atoms with van der Waals surface area (Å²) in [4.78, 5) is 0. The molecule has 0 amide bonds. The Bertz CT molecular complexity index is 342. The molecule has 1 aromatic rings. The van der Waals surface area contributed by atoms with E-state index in [1.165, 1.54) is 28.9 Å². The van der Waals surface area contributed by atoms with Crippen LogP contribution in [0.15, 0.2) is 18.2 Å². The fourth-order valence-electron chi connectivity index (χ4n) is 2.27. The predicted octanol–water partition coefficient (Wildman–Crippen LogP) is 4.17. The average molecular weight is 265 g/mol. The molecule has 1 rings (SSSR count). The summed E-state index contributed by atoms with van der Waals surface area (Å²) in [6.45, 7) is 8.95. The Morgan fingerprint density at radius 3 is 2.28 bits per heavy atom. The Labute approximate surface area is 117 Å². The zero-order chi connectivity index (χ0) is 13.5. The van der Waals surface area contributed by atoms with Crippen LogP contribution in [0.25, 0.3) is 0 Å². The third-order valence-corrected chi connectivity index (χ3v) is 4.68. The van der Waals surface area contributed by atoms with Gasteiger partial charge in [0, 0.05) is 17.5 Å². The van der Waals surface area contributed by atoms with Crippen LogP contribution in [-0.2, 0) is 5.75 Å². The van der Waals surface area contributed by atoms with Crippen LogP contribution in [0.4, 0.5) is 0 Å². The fraction of sp³-hybridized carbons (Fsp3) is 0.625. The molecular weight excluding hydrogens is 238 g/mol. The van der Waals surface area contributed by atoms with Crippen molar-refractivity contribution >= 4 is 11.8 Å². The van der Waals surface area contributed by atoms with Gasteiger partial charge in [-0.3, -0.25) is 0 Å². The van der Waals surface area contributed by atoms with Crippen LogP contribution in [-0.4, -0.2) is 18.8 Å². The lowest BCUT2D eigenvalue weighted by Crippen LogP contribution is -2.34. The maximum Gasteiger partial charge on any atom is 0.0185 e. The minimum atomic E-state index is 0.630. The molecule has 2 unspecified atom stereocenters. The van der Waals surface area contributed by atoms with Crippen LogP contribution in [0.3, 0.4) is 0 Å². The first-order valence-corrected chi connectivity index (χ1v) is 8.04. The summed E-state index contributed by atoms with van der Waals surface area (Å²) in [7, 11) is 2.08. The quantitative estimate of drug-likeness (QED) is 0.794. The van der Waals surface area contributed by atoms with Gasteiger partial charge in [0.05, 0.1) is 0 Å². The van der Waals surface area contributed by atoms with Crippen molar-refractivity contribution in [2.45, 2.75) is 45.9 Å². The molecule has 0 fully saturated rings. The Kier molecular flexibility index (Phi) is 6.80. The number of nitrogens with one attached hydrogen (secondary N) is 1. The molecule has 1 N–H and O–H groups in total.